The summed E-state index contributed by atoms with van der Waals surface area (Å²) in [6.07, 6.45) is -0.0166. The molecule has 0 N–H and O–H groups in total. The van der Waals surface area contributed by atoms with Crippen LogP contribution in [0.4, 0.5) is 4.79 Å². The molecule has 0 unspecified atom stereocenters. The lowest BCUT2D eigenvalue weighted by molar-refractivity contribution is -0.132. The van der Waals surface area contributed by atoms with Gasteiger partial charge in [-0.1, -0.05) is 0 Å². The molecule has 1 fully saturated rings. The second kappa shape index (κ2) is 7.75. The molecule has 3 heterocycles. The summed E-state index contributed by atoms with van der Waals surface area (Å²) in [7, 11) is 0. The fourth-order valence-corrected chi connectivity index (χ4v) is 4.17. The second-order valence-electron chi connectivity index (χ2n) is 7.18. The Balaban J connectivity index is 1.50. The zero-order chi connectivity index (χ0) is 18.7. The molecule has 0 aliphatic carbocycles. The largest absolute Gasteiger partial charge is 0.444 e. The Morgan fingerprint density at radius 2 is 1.85 bits per heavy atom. The SMILES string of the molecule is CC(C)(C)OC(=O)N1CCN(C(=O)Cc2csc(-c3ccsc3)n2)CC1. The average molecular weight is 394 g/mol. The first-order valence-electron chi connectivity index (χ1n) is 8.54. The van der Waals surface area contributed by atoms with E-state index in [0.29, 0.717) is 32.6 Å². The van der Waals surface area contributed by atoms with Gasteiger partial charge in [0.1, 0.15) is 10.6 Å². The Morgan fingerprint density at radius 1 is 1.15 bits per heavy atom. The molecule has 2 aromatic rings. The Labute approximate surface area is 161 Å². The molecule has 1 saturated heterocycles. The molecule has 2 aromatic heterocycles. The maximum Gasteiger partial charge on any atom is 0.410 e. The van der Waals surface area contributed by atoms with Gasteiger partial charge in [-0.15, -0.1) is 11.3 Å². The lowest BCUT2D eigenvalue weighted by Crippen LogP contribution is -2.52. The number of piperazine rings is 1. The Morgan fingerprint density at radius 3 is 2.46 bits per heavy atom. The molecule has 6 nitrogen and oxygen atoms in total. The van der Waals surface area contributed by atoms with Crippen LogP contribution in [0.15, 0.2) is 22.2 Å². The van der Waals surface area contributed by atoms with Gasteiger partial charge in [0, 0.05) is 42.5 Å². The van der Waals surface area contributed by atoms with E-state index in [1.165, 1.54) is 0 Å². The highest BCUT2D eigenvalue weighted by Crippen LogP contribution is 2.26. The molecule has 26 heavy (non-hydrogen) atoms. The molecule has 0 spiro atoms. The van der Waals surface area contributed by atoms with Crippen LogP contribution in [-0.2, 0) is 16.0 Å². The first-order valence-corrected chi connectivity index (χ1v) is 10.4. The summed E-state index contributed by atoms with van der Waals surface area (Å²) >= 11 is 3.20. The van der Waals surface area contributed by atoms with E-state index in [0.717, 1.165) is 16.3 Å². The van der Waals surface area contributed by atoms with Gasteiger partial charge >= 0.3 is 6.09 Å². The third-order valence-electron chi connectivity index (χ3n) is 3.94. The van der Waals surface area contributed by atoms with Crippen LogP contribution in [0.25, 0.3) is 10.6 Å². The normalized spacial score (nSPS) is 15.2. The Kier molecular flexibility index (Phi) is 5.62. The number of ether oxygens (including phenoxy) is 1. The van der Waals surface area contributed by atoms with E-state index >= 15 is 0 Å². The van der Waals surface area contributed by atoms with Crippen molar-refractivity contribution in [2.24, 2.45) is 0 Å². The number of thiophene rings is 1. The molecule has 140 valence electrons. The van der Waals surface area contributed by atoms with E-state index in [1.807, 2.05) is 37.6 Å². The van der Waals surface area contributed by atoms with Crippen LogP contribution in [0.5, 0.6) is 0 Å². The summed E-state index contributed by atoms with van der Waals surface area (Å²) in [4.78, 5) is 32.6. The number of hydrogen-bond acceptors (Lipinski definition) is 6. The number of hydrogen-bond donors (Lipinski definition) is 0. The molecule has 3 rings (SSSR count). The van der Waals surface area contributed by atoms with Crippen molar-refractivity contribution in [1.29, 1.82) is 0 Å². The summed E-state index contributed by atoms with van der Waals surface area (Å²) in [5.41, 5.74) is 1.40. The van der Waals surface area contributed by atoms with Gasteiger partial charge in [-0.2, -0.15) is 11.3 Å². The predicted octanol–water partition coefficient (Wildman–Crippen LogP) is 3.49. The zero-order valence-electron chi connectivity index (χ0n) is 15.2. The van der Waals surface area contributed by atoms with E-state index in [9.17, 15) is 9.59 Å². The van der Waals surface area contributed by atoms with Gasteiger partial charge in [0.15, 0.2) is 0 Å². The lowest BCUT2D eigenvalue weighted by atomic mass is 10.2. The van der Waals surface area contributed by atoms with Crippen molar-refractivity contribution in [3.8, 4) is 10.6 Å². The van der Waals surface area contributed by atoms with Crippen molar-refractivity contribution in [3.05, 3.63) is 27.9 Å². The van der Waals surface area contributed by atoms with E-state index in [1.54, 1.807) is 32.5 Å². The van der Waals surface area contributed by atoms with Gasteiger partial charge in [0.2, 0.25) is 5.91 Å². The molecule has 8 heteroatoms. The highest BCUT2D eigenvalue weighted by Gasteiger charge is 2.27. The molecule has 2 amide bonds. The van der Waals surface area contributed by atoms with Gasteiger partial charge in [-0.3, -0.25) is 4.79 Å². The van der Waals surface area contributed by atoms with Gasteiger partial charge in [-0.05, 0) is 32.2 Å². The average Bonchev–Trinajstić information content (AvgIpc) is 3.24. The molecule has 1 aliphatic heterocycles. The van der Waals surface area contributed by atoms with E-state index in [-0.39, 0.29) is 12.0 Å². The molecule has 0 aromatic carbocycles. The van der Waals surface area contributed by atoms with Crippen LogP contribution in [0.1, 0.15) is 26.5 Å². The van der Waals surface area contributed by atoms with Crippen LogP contribution in [0.3, 0.4) is 0 Å². The number of aromatic nitrogens is 1. The summed E-state index contributed by atoms with van der Waals surface area (Å²) in [6, 6.07) is 2.03. The highest BCUT2D eigenvalue weighted by atomic mass is 32.1. The highest BCUT2D eigenvalue weighted by molar-refractivity contribution is 7.14. The Hall–Kier alpha value is -1.93. The fraction of sp³-hybridized carbons (Fsp3) is 0.500. The summed E-state index contributed by atoms with van der Waals surface area (Å²) in [6.45, 7) is 7.60. The van der Waals surface area contributed by atoms with Gasteiger partial charge < -0.3 is 14.5 Å². The number of amides is 2. The van der Waals surface area contributed by atoms with Gasteiger partial charge in [-0.25, -0.2) is 9.78 Å². The van der Waals surface area contributed by atoms with Gasteiger partial charge in [0.05, 0.1) is 12.1 Å². The molecule has 0 saturated carbocycles. The number of carbonyl (C=O) groups excluding carboxylic acids is 2. The molecule has 0 bridgehead atoms. The van der Waals surface area contributed by atoms with Crippen molar-refractivity contribution in [1.82, 2.24) is 14.8 Å². The molecular weight excluding hydrogens is 370 g/mol. The molecule has 0 atom stereocenters. The summed E-state index contributed by atoms with van der Waals surface area (Å²) in [5.74, 6) is 0.0519. The Bertz CT molecular complexity index is 757. The van der Waals surface area contributed by atoms with Crippen molar-refractivity contribution in [2.75, 3.05) is 26.2 Å². The fourth-order valence-electron chi connectivity index (χ4n) is 2.64. The predicted molar refractivity (Wildman–Crippen MR) is 104 cm³/mol. The standard InChI is InChI=1S/C18H23N3O3S2/c1-18(2,3)24-17(23)21-7-5-20(6-8-21)15(22)10-14-12-26-16(19-14)13-4-9-25-11-13/h4,9,11-12H,5-8,10H2,1-3H3. The third kappa shape index (κ3) is 4.82. The van der Waals surface area contributed by atoms with Crippen LogP contribution in [-0.4, -0.2) is 58.6 Å². The molecule has 0 radical (unpaired) electrons. The van der Waals surface area contributed by atoms with Crippen molar-refractivity contribution < 1.29 is 14.3 Å². The second-order valence-corrected chi connectivity index (χ2v) is 8.82. The number of carbonyl (C=O) groups is 2. The monoisotopic (exact) mass is 393 g/mol. The molecular formula is C18H23N3O3S2. The summed E-state index contributed by atoms with van der Waals surface area (Å²) in [5, 5.41) is 6.97. The van der Waals surface area contributed by atoms with Crippen LogP contribution < -0.4 is 0 Å². The van der Waals surface area contributed by atoms with E-state index < -0.39 is 5.60 Å². The van der Waals surface area contributed by atoms with Crippen molar-refractivity contribution in [3.63, 3.8) is 0 Å². The number of thiazole rings is 1. The number of nitrogens with zero attached hydrogens (tertiary/aromatic N) is 3. The smallest absolute Gasteiger partial charge is 0.410 e. The maximum atomic E-state index is 12.5. The van der Waals surface area contributed by atoms with E-state index in [4.69, 9.17) is 4.74 Å². The third-order valence-corrected chi connectivity index (χ3v) is 5.56. The minimum absolute atomic E-state index is 0.0519. The van der Waals surface area contributed by atoms with Crippen molar-refractivity contribution in [2.45, 2.75) is 32.8 Å². The maximum absolute atomic E-state index is 12.5. The van der Waals surface area contributed by atoms with Crippen LogP contribution in [0.2, 0.25) is 0 Å². The summed E-state index contributed by atoms with van der Waals surface area (Å²) < 4.78 is 5.38. The van der Waals surface area contributed by atoms with E-state index in [2.05, 4.69) is 10.4 Å². The van der Waals surface area contributed by atoms with Crippen LogP contribution in [0, 0.1) is 0 Å². The zero-order valence-corrected chi connectivity index (χ0v) is 16.9. The number of rotatable bonds is 3. The quantitative estimate of drug-likeness (QED) is 0.801. The topological polar surface area (TPSA) is 62.7 Å². The lowest BCUT2D eigenvalue weighted by Gasteiger charge is -2.35. The van der Waals surface area contributed by atoms with Crippen LogP contribution >= 0.6 is 22.7 Å². The first kappa shape index (κ1) is 18.8. The first-order chi connectivity index (χ1) is 12.3. The molecule has 1 aliphatic rings. The minimum Gasteiger partial charge on any atom is -0.444 e. The minimum atomic E-state index is -0.505. The van der Waals surface area contributed by atoms with Crippen molar-refractivity contribution >= 4 is 34.7 Å². The van der Waals surface area contributed by atoms with Gasteiger partial charge in [0.25, 0.3) is 0 Å².